The fraction of sp³-hybridized carbons (Fsp3) is 0.208. The van der Waals surface area contributed by atoms with Crippen LogP contribution in [0.3, 0.4) is 0 Å². The van der Waals surface area contributed by atoms with Crippen LogP contribution in [0, 0.1) is 0 Å². The Morgan fingerprint density at radius 1 is 1.03 bits per heavy atom. The van der Waals surface area contributed by atoms with Crippen molar-refractivity contribution >= 4 is 17.6 Å². The number of amides is 1. The molecule has 6 heteroatoms. The third-order valence-corrected chi connectivity index (χ3v) is 5.56. The van der Waals surface area contributed by atoms with E-state index >= 15 is 0 Å². The van der Waals surface area contributed by atoms with Crippen molar-refractivity contribution in [1.29, 1.82) is 0 Å². The molecule has 1 aromatic carbocycles. The minimum absolute atomic E-state index is 0.0468. The summed E-state index contributed by atoms with van der Waals surface area (Å²) in [4.78, 5) is 22.8. The van der Waals surface area contributed by atoms with Gasteiger partial charge in [0.15, 0.2) is 0 Å². The molecule has 0 bridgehead atoms. The predicted octanol–water partition coefficient (Wildman–Crippen LogP) is 4.72. The van der Waals surface area contributed by atoms with Crippen molar-refractivity contribution in [3.8, 4) is 11.3 Å². The highest BCUT2D eigenvalue weighted by atomic mass is 19.3. The van der Waals surface area contributed by atoms with Crippen molar-refractivity contribution < 1.29 is 13.6 Å². The zero-order chi connectivity index (χ0) is 20.7. The van der Waals surface area contributed by atoms with Crippen LogP contribution in [0.25, 0.3) is 22.9 Å². The summed E-state index contributed by atoms with van der Waals surface area (Å²) in [7, 11) is 0. The van der Waals surface area contributed by atoms with Crippen molar-refractivity contribution in [2.24, 2.45) is 0 Å². The van der Waals surface area contributed by atoms with Gasteiger partial charge in [-0.25, -0.2) is 13.8 Å². The van der Waals surface area contributed by atoms with Gasteiger partial charge < -0.3 is 4.90 Å². The summed E-state index contributed by atoms with van der Waals surface area (Å²) in [5.41, 5.74) is 5.98. The van der Waals surface area contributed by atoms with E-state index < -0.39 is 18.4 Å². The SMILES string of the molecule is O=C(c1cccc(-c2cnc3c(c2)C=C(c2ccccc2)C3)n1)N1CCC(F)(F)C1. The first kappa shape index (κ1) is 18.6. The third kappa shape index (κ3) is 3.49. The summed E-state index contributed by atoms with van der Waals surface area (Å²) in [5.74, 6) is -3.28. The molecule has 1 fully saturated rings. The van der Waals surface area contributed by atoms with Gasteiger partial charge in [-0.2, -0.15) is 0 Å². The number of carbonyl (C=O) groups is 1. The maximum Gasteiger partial charge on any atom is 0.272 e. The Balaban J connectivity index is 1.42. The minimum Gasteiger partial charge on any atom is -0.331 e. The lowest BCUT2D eigenvalue weighted by Crippen LogP contribution is -2.31. The van der Waals surface area contributed by atoms with E-state index in [0.29, 0.717) is 5.69 Å². The highest BCUT2D eigenvalue weighted by Gasteiger charge is 2.40. The zero-order valence-electron chi connectivity index (χ0n) is 16.2. The average Bonchev–Trinajstić information content (AvgIpc) is 3.36. The number of hydrogen-bond acceptors (Lipinski definition) is 3. The lowest BCUT2D eigenvalue weighted by Gasteiger charge is -2.16. The number of fused-ring (bicyclic) bond motifs is 1. The van der Waals surface area contributed by atoms with Gasteiger partial charge in [0.1, 0.15) is 5.69 Å². The van der Waals surface area contributed by atoms with Gasteiger partial charge in [-0.05, 0) is 41.0 Å². The number of benzene rings is 1. The molecule has 3 heterocycles. The van der Waals surface area contributed by atoms with Crippen molar-refractivity contribution in [1.82, 2.24) is 14.9 Å². The lowest BCUT2D eigenvalue weighted by molar-refractivity contribution is 0.0119. The second-order valence-electron chi connectivity index (χ2n) is 7.71. The van der Waals surface area contributed by atoms with Gasteiger partial charge in [0.25, 0.3) is 11.8 Å². The number of nitrogens with zero attached hydrogens (tertiary/aromatic N) is 3. The van der Waals surface area contributed by atoms with Crippen LogP contribution in [0.2, 0.25) is 0 Å². The van der Waals surface area contributed by atoms with Crippen LogP contribution in [-0.4, -0.2) is 39.8 Å². The summed E-state index contributed by atoms with van der Waals surface area (Å²) in [6.07, 6.45) is 4.35. The van der Waals surface area contributed by atoms with Crippen LogP contribution in [0.5, 0.6) is 0 Å². The van der Waals surface area contributed by atoms with E-state index in [4.69, 9.17) is 0 Å². The monoisotopic (exact) mass is 403 g/mol. The van der Waals surface area contributed by atoms with E-state index in [-0.39, 0.29) is 18.7 Å². The van der Waals surface area contributed by atoms with Crippen LogP contribution in [-0.2, 0) is 6.42 Å². The molecule has 2 aliphatic rings. The predicted molar refractivity (Wildman–Crippen MR) is 111 cm³/mol. The number of rotatable bonds is 3. The van der Waals surface area contributed by atoms with E-state index in [0.717, 1.165) is 23.2 Å². The quantitative estimate of drug-likeness (QED) is 0.636. The molecule has 4 nitrogen and oxygen atoms in total. The standard InChI is InChI=1S/C24H19F2N3O/c25-24(26)9-10-29(15-24)23(30)21-8-4-7-20(28-21)19-12-18-11-17(13-22(18)27-14-19)16-5-2-1-3-6-16/h1-8,11-12,14H,9-10,13,15H2. The Hall–Kier alpha value is -3.41. The molecule has 0 atom stereocenters. The number of allylic oxidation sites excluding steroid dienone is 1. The van der Waals surface area contributed by atoms with Crippen molar-refractivity contribution in [2.75, 3.05) is 13.1 Å². The number of likely N-dealkylation sites (tertiary alicyclic amines) is 1. The molecule has 0 radical (unpaired) electrons. The third-order valence-electron chi connectivity index (χ3n) is 5.56. The fourth-order valence-electron chi connectivity index (χ4n) is 3.97. The average molecular weight is 403 g/mol. The van der Waals surface area contributed by atoms with Crippen molar-refractivity contribution in [2.45, 2.75) is 18.8 Å². The van der Waals surface area contributed by atoms with Gasteiger partial charge in [-0.1, -0.05) is 36.4 Å². The fourth-order valence-corrected chi connectivity index (χ4v) is 3.97. The van der Waals surface area contributed by atoms with Crippen LogP contribution in [0.4, 0.5) is 8.78 Å². The first-order chi connectivity index (χ1) is 14.5. The number of aromatic nitrogens is 2. The van der Waals surface area contributed by atoms with Gasteiger partial charge in [-0.15, -0.1) is 0 Å². The molecule has 30 heavy (non-hydrogen) atoms. The zero-order valence-corrected chi connectivity index (χ0v) is 16.2. The molecular formula is C24H19F2N3O. The molecule has 0 unspecified atom stereocenters. The number of pyridine rings is 2. The van der Waals surface area contributed by atoms with Gasteiger partial charge in [0.2, 0.25) is 0 Å². The summed E-state index contributed by atoms with van der Waals surface area (Å²) < 4.78 is 26.9. The van der Waals surface area contributed by atoms with E-state index in [9.17, 15) is 13.6 Å². The normalized spacial score (nSPS) is 17.0. The van der Waals surface area contributed by atoms with Crippen LogP contribution >= 0.6 is 0 Å². The molecule has 3 aromatic rings. The van der Waals surface area contributed by atoms with Crippen LogP contribution in [0.15, 0.2) is 60.8 Å². The maximum atomic E-state index is 13.5. The van der Waals surface area contributed by atoms with Crippen molar-refractivity contribution in [3.05, 3.63) is 83.3 Å². The van der Waals surface area contributed by atoms with E-state index in [1.165, 1.54) is 16.0 Å². The molecule has 1 aliphatic carbocycles. The first-order valence-electron chi connectivity index (χ1n) is 9.88. The van der Waals surface area contributed by atoms with E-state index in [2.05, 4.69) is 28.2 Å². The van der Waals surface area contributed by atoms with E-state index in [1.807, 2.05) is 24.3 Å². The molecule has 150 valence electrons. The van der Waals surface area contributed by atoms with E-state index in [1.54, 1.807) is 24.4 Å². The van der Waals surface area contributed by atoms with Crippen molar-refractivity contribution in [3.63, 3.8) is 0 Å². The molecule has 0 N–H and O–H groups in total. The molecule has 5 rings (SSSR count). The molecule has 1 saturated heterocycles. The van der Waals surface area contributed by atoms with Crippen LogP contribution in [0.1, 0.15) is 33.7 Å². The molecule has 2 aromatic heterocycles. The second kappa shape index (κ2) is 7.13. The Bertz CT molecular complexity index is 1160. The second-order valence-corrected chi connectivity index (χ2v) is 7.71. The summed E-state index contributed by atoms with van der Waals surface area (Å²) in [5, 5.41) is 0. The summed E-state index contributed by atoms with van der Waals surface area (Å²) in [6, 6.07) is 17.3. The highest BCUT2D eigenvalue weighted by molar-refractivity contribution is 5.93. The minimum atomic E-state index is -2.82. The summed E-state index contributed by atoms with van der Waals surface area (Å²) >= 11 is 0. The Labute approximate surface area is 172 Å². The number of carbonyl (C=O) groups excluding carboxylic acids is 1. The Morgan fingerprint density at radius 3 is 2.63 bits per heavy atom. The smallest absolute Gasteiger partial charge is 0.272 e. The number of alkyl halides is 2. The Kier molecular flexibility index (Phi) is 4.42. The maximum absolute atomic E-state index is 13.5. The molecule has 1 aliphatic heterocycles. The first-order valence-corrected chi connectivity index (χ1v) is 9.88. The number of hydrogen-bond donors (Lipinski definition) is 0. The molecular weight excluding hydrogens is 384 g/mol. The number of halogens is 2. The largest absolute Gasteiger partial charge is 0.331 e. The van der Waals surface area contributed by atoms with Crippen LogP contribution < -0.4 is 0 Å². The topological polar surface area (TPSA) is 46.1 Å². The Morgan fingerprint density at radius 2 is 1.87 bits per heavy atom. The lowest BCUT2D eigenvalue weighted by atomic mass is 10.1. The van der Waals surface area contributed by atoms with Gasteiger partial charge in [0.05, 0.1) is 17.9 Å². The molecule has 0 saturated carbocycles. The molecule has 0 spiro atoms. The van der Waals surface area contributed by atoms with Gasteiger partial charge in [-0.3, -0.25) is 9.78 Å². The summed E-state index contributed by atoms with van der Waals surface area (Å²) in [6.45, 7) is -0.504. The highest BCUT2D eigenvalue weighted by Crippen LogP contribution is 2.33. The molecule has 1 amide bonds. The van der Waals surface area contributed by atoms with Gasteiger partial charge >= 0.3 is 0 Å². The van der Waals surface area contributed by atoms with Gasteiger partial charge in [0, 0.05) is 31.1 Å².